The van der Waals surface area contributed by atoms with Gasteiger partial charge in [0.05, 0.1) is 18.2 Å². The molecule has 1 fully saturated rings. The van der Waals surface area contributed by atoms with E-state index < -0.39 is 0 Å². The number of nitrogens with one attached hydrogen (secondary N) is 1. The van der Waals surface area contributed by atoms with Gasteiger partial charge >= 0.3 is 0 Å². The second-order valence-electron chi connectivity index (χ2n) is 6.87. The lowest BCUT2D eigenvalue weighted by Gasteiger charge is -2.07. The second-order valence-corrected chi connectivity index (χ2v) is 7.73. The maximum atomic E-state index is 12.5. The van der Waals surface area contributed by atoms with E-state index in [1.54, 1.807) is 12.4 Å². The molecule has 29 heavy (non-hydrogen) atoms. The van der Waals surface area contributed by atoms with Crippen molar-refractivity contribution in [2.24, 2.45) is 0 Å². The average molecular weight is 403 g/mol. The number of carbonyl (C=O) groups excluding carboxylic acids is 1. The highest BCUT2D eigenvalue weighted by atomic mass is 32.1. The number of benzene rings is 1. The predicted octanol–water partition coefficient (Wildman–Crippen LogP) is 3.37. The summed E-state index contributed by atoms with van der Waals surface area (Å²) in [7, 11) is 0. The number of thiazole rings is 1. The third kappa shape index (κ3) is 3.90. The molecule has 0 radical (unpaired) electrons. The van der Waals surface area contributed by atoms with Crippen LogP contribution in [-0.2, 0) is 11.2 Å². The van der Waals surface area contributed by atoms with E-state index in [0.717, 1.165) is 40.5 Å². The molecule has 1 saturated carbocycles. The summed E-state index contributed by atoms with van der Waals surface area (Å²) in [6, 6.07) is 11.8. The Bertz CT molecular complexity index is 1150. The van der Waals surface area contributed by atoms with Crippen LogP contribution in [0.5, 0.6) is 0 Å². The van der Waals surface area contributed by atoms with Crippen molar-refractivity contribution in [2.45, 2.75) is 25.3 Å². The second kappa shape index (κ2) is 7.51. The molecule has 1 N–H and O–H groups in total. The van der Waals surface area contributed by atoms with Crippen LogP contribution in [0.2, 0.25) is 0 Å². The van der Waals surface area contributed by atoms with Crippen LogP contribution in [0.25, 0.3) is 22.0 Å². The largest absolute Gasteiger partial charge is 0.326 e. The van der Waals surface area contributed by atoms with Gasteiger partial charge in [0.1, 0.15) is 5.01 Å². The highest BCUT2D eigenvalue weighted by Crippen LogP contribution is 2.36. The van der Waals surface area contributed by atoms with E-state index in [0.29, 0.717) is 11.7 Å². The summed E-state index contributed by atoms with van der Waals surface area (Å²) >= 11 is 1.51. The van der Waals surface area contributed by atoms with Crippen molar-refractivity contribution in [3.63, 3.8) is 0 Å². The standard InChI is InChI=1S/C20H17N7OS/c28-18(10-16-12-29-20(23-16)14-4-2-8-21-11-14)22-15-5-1-3-13(9-15)19-24-25-26-27(19)17-6-7-17/h1-5,8-9,11-12,17H,6-7,10H2,(H,22,28). The fraction of sp³-hybridized carbons (Fsp3) is 0.200. The summed E-state index contributed by atoms with van der Waals surface area (Å²) in [6.45, 7) is 0. The molecule has 1 aromatic carbocycles. The zero-order chi connectivity index (χ0) is 19.6. The van der Waals surface area contributed by atoms with Crippen molar-refractivity contribution in [1.29, 1.82) is 0 Å². The molecule has 0 unspecified atom stereocenters. The number of rotatable bonds is 6. The number of nitrogens with zero attached hydrogens (tertiary/aromatic N) is 6. The zero-order valence-corrected chi connectivity index (χ0v) is 16.2. The van der Waals surface area contributed by atoms with Crippen molar-refractivity contribution >= 4 is 22.9 Å². The van der Waals surface area contributed by atoms with Crippen LogP contribution < -0.4 is 5.32 Å². The van der Waals surface area contributed by atoms with E-state index in [2.05, 4.69) is 30.8 Å². The molecule has 0 saturated heterocycles. The van der Waals surface area contributed by atoms with Crippen LogP contribution in [0, 0.1) is 0 Å². The van der Waals surface area contributed by atoms with E-state index in [-0.39, 0.29) is 12.3 Å². The molecule has 1 aliphatic carbocycles. The molecule has 8 nitrogen and oxygen atoms in total. The van der Waals surface area contributed by atoms with Gasteiger partial charge in [-0.2, -0.15) is 0 Å². The normalized spacial score (nSPS) is 13.4. The van der Waals surface area contributed by atoms with Gasteiger partial charge in [-0.25, -0.2) is 9.67 Å². The van der Waals surface area contributed by atoms with Crippen molar-refractivity contribution in [2.75, 3.05) is 5.32 Å². The maximum absolute atomic E-state index is 12.5. The SMILES string of the molecule is O=C(Cc1csc(-c2cccnc2)n1)Nc1cccc(-c2nnnn2C2CC2)c1. The third-order valence-electron chi connectivity index (χ3n) is 4.59. The van der Waals surface area contributed by atoms with Gasteiger partial charge in [-0.15, -0.1) is 16.4 Å². The third-order valence-corrected chi connectivity index (χ3v) is 5.53. The number of anilines is 1. The summed E-state index contributed by atoms with van der Waals surface area (Å²) in [5.41, 5.74) is 3.28. The van der Waals surface area contributed by atoms with Crippen molar-refractivity contribution in [1.82, 2.24) is 30.2 Å². The Morgan fingerprint density at radius 2 is 2.10 bits per heavy atom. The van der Waals surface area contributed by atoms with Crippen LogP contribution in [0.4, 0.5) is 5.69 Å². The molecule has 1 aliphatic rings. The van der Waals surface area contributed by atoms with Crippen LogP contribution in [-0.4, -0.2) is 36.1 Å². The average Bonchev–Trinajstić information content (AvgIpc) is 3.28. The van der Waals surface area contributed by atoms with E-state index in [1.807, 2.05) is 46.5 Å². The lowest BCUT2D eigenvalue weighted by atomic mass is 10.2. The van der Waals surface area contributed by atoms with Gasteiger partial charge in [-0.05, 0) is 47.5 Å². The molecular weight excluding hydrogens is 386 g/mol. The molecule has 3 heterocycles. The first-order valence-corrected chi connectivity index (χ1v) is 10.2. The lowest BCUT2D eigenvalue weighted by molar-refractivity contribution is -0.115. The molecule has 1 amide bonds. The first-order chi connectivity index (χ1) is 14.3. The number of carbonyl (C=O) groups is 1. The quantitative estimate of drug-likeness (QED) is 0.530. The zero-order valence-electron chi connectivity index (χ0n) is 15.4. The summed E-state index contributed by atoms with van der Waals surface area (Å²) in [5, 5.41) is 17.7. The smallest absolute Gasteiger partial charge is 0.230 e. The fourth-order valence-corrected chi connectivity index (χ4v) is 3.87. The van der Waals surface area contributed by atoms with Gasteiger partial charge in [0.15, 0.2) is 5.82 Å². The first kappa shape index (κ1) is 17.6. The highest BCUT2D eigenvalue weighted by molar-refractivity contribution is 7.13. The molecule has 144 valence electrons. The van der Waals surface area contributed by atoms with Crippen molar-refractivity contribution in [3.8, 4) is 22.0 Å². The van der Waals surface area contributed by atoms with Gasteiger partial charge in [0.2, 0.25) is 5.91 Å². The molecule has 0 aliphatic heterocycles. The number of hydrogen-bond acceptors (Lipinski definition) is 7. The van der Waals surface area contributed by atoms with Gasteiger partial charge in [0, 0.05) is 34.6 Å². The van der Waals surface area contributed by atoms with E-state index in [4.69, 9.17) is 0 Å². The van der Waals surface area contributed by atoms with Crippen molar-refractivity contribution in [3.05, 3.63) is 59.9 Å². The van der Waals surface area contributed by atoms with Crippen LogP contribution in [0.3, 0.4) is 0 Å². The maximum Gasteiger partial charge on any atom is 0.230 e. The summed E-state index contributed by atoms with van der Waals surface area (Å²) in [6.07, 6.45) is 5.90. The van der Waals surface area contributed by atoms with Gasteiger partial charge in [-0.1, -0.05) is 12.1 Å². The van der Waals surface area contributed by atoms with E-state index in [1.165, 1.54) is 11.3 Å². The van der Waals surface area contributed by atoms with Gasteiger partial charge in [0.25, 0.3) is 0 Å². The molecule has 5 rings (SSSR count). The Morgan fingerprint density at radius 1 is 1.21 bits per heavy atom. The molecule has 4 aromatic rings. The van der Waals surface area contributed by atoms with Crippen molar-refractivity contribution < 1.29 is 4.79 Å². The molecule has 3 aromatic heterocycles. The monoisotopic (exact) mass is 403 g/mol. The van der Waals surface area contributed by atoms with Crippen LogP contribution in [0.15, 0.2) is 54.2 Å². The number of pyridine rings is 1. The Hall–Kier alpha value is -3.46. The molecular formula is C20H17N7OS. The van der Waals surface area contributed by atoms with Crippen LogP contribution >= 0.6 is 11.3 Å². The molecule has 9 heteroatoms. The number of tetrazole rings is 1. The minimum absolute atomic E-state index is 0.119. The lowest BCUT2D eigenvalue weighted by Crippen LogP contribution is -2.14. The minimum Gasteiger partial charge on any atom is -0.326 e. The van der Waals surface area contributed by atoms with Crippen LogP contribution in [0.1, 0.15) is 24.6 Å². The number of aromatic nitrogens is 6. The van der Waals surface area contributed by atoms with Gasteiger partial charge < -0.3 is 5.32 Å². The first-order valence-electron chi connectivity index (χ1n) is 9.29. The topological polar surface area (TPSA) is 98.5 Å². The minimum atomic E-state index is -0.119. The predicted molar refractivity (Wildman–Crippen MR) is 109 cm³/mol. The highest BCUT2D eigenvalue weighted by Gasteiger charge is 2.28. The summed E-state index contributed by atoms with van der Waals surface area (Å²) in [5.74, 6) is 0.608. The Kier molecular flexibility index (Phi) is 4.57. The molecule has 0 bridgehead atoms. The fourth-order valence-electron chi connectivity index (χ4n) is 3.06. The Labute approximate surface area is 170 Å². The summed E-state index contributed by atoms with van der Waals surface area (Å²) < 4.78 is 1.86. The molecule has 0 spiro atoms. The summed E-state index contributed by atoms with van der Waals surface area (Å²) in [4.78, 5) is 21.2. The van der Waals surface area contributed by atoms with E-state index in [9.17, 15) is 4.79 Å². The Balaban J connectivity index is 1.28. The Morgan fingerprint density at radius 3 is 2.93 bits per heavy atom. The molecule has 0 atom stereocenters. The number of hydrogen-bond donors (Lipinski definition) is 1. The van der Waals surface area contributed by atoms with Gasteiger partial charge in [-0.3, -0.25) is 9.78 Å². The van der Waals surface area contributed by atoms with E-state index >= 15 is 0 Å². The number of amides is 1.